The lowest BCUT2D eigenvalue weighted by molar-refractivity contribution is -0.354. The fraction of sp³-hybridized carbons (Fsp3) is 0.444. The summed E-state index contributed by atoms with van der Waals surface area (Å²) in [5.41, 5.74) is -0.182. The number of phenolic OH excluding ortho intramolecular Hbond substituents is 2. The van der Waals surface area contributed by atoms with Gasteiger partial charge in [-0.15, -0.1) is 0 Å². The molecule has 0 aliphatic carbocycles. The number of aliphatic hydroxyl groups excluding tert-OH is 6. The lowest BCUT2D eigenvalue weighted by atomic mass is 9.97. The number of aliphatic hydroxyl groups is 6. The molecule has 0 radical (unpaired) electrons. The Hall–Kier alpha value is -3.31. The molecule has 2 aliphatic heterocycles. The normalized spacial score (nSPS) is 34.0. The highest BCUT2D eigenvalue weighted by atomic mass is 16.8. The third-order valence-electron chi connectivity index (χ3n) is 7.11. The van der Waals surface area contributed by atoms with Crippen LogP contribution in [0.5, 0.6) is 17.2 Å². The van der Waals surface area contributed by atoms with Crippen LogP contribution in [0.4, 0.5) is 0 Å². The van der Waals surface area contributed by atoms with Gasteiger partial charge in [-0.3, -0.25) is 4.79 Å². The second-order valence-corrected chi connectivity index (χ2v) is 9.94. The largest absolute Gasteiger partial charge is 0.508 e. The minimum atomic E-state index is -1.76. The number of fused-ring (bicyclic) bond motifs is 1. The van der Waals surface area contributed by atoms with Gasteiger partial charge in [-0.05, 0) is 31.2 Å². The van der Waals surface area contributed by atoms with Crippen LogP contribution < -0.4 is 10.2 Å². The molecule has 5 rings (SSSR count). The van der Waals surface area contributed by atoms with E-state index < -0.39 is 79.2 Å². The van der Waals surface area contributed by atoms with Gasteiger partial charge in [0.2, 0.25) is 6.29 Å². The second kappa shape index (κ2) is 11.5. The summed E-state index contributed by atoms with van der Waals surface area (Å²) >= 11 is 0. The standard InChI is InChI=1S/C27H30O14/c1-10-20(32)22(34)24(36)26(37-10)41-25-23(35)21(33)18(9-28)40-27(25)38-13-6-14(30)19-15(31)8-16(39-17(19)7-13)11-2-4-12(29)5-3-11/h2-8,10,18,20-30,32-36H,9H2,1H3/t10-,18+,20+,21-,22+,23-,24+,25-,26-,27+/m0/s1. The van der Waals surface area contributed by atoms with Crippen LogP contribution in [0.15, 0.2) is 51.7 Å². The van der Waals surface area contributed by atoms with Crippen molar-refractivity contribution < 1.29 is 64.2 Å². The van der Waals surface area contributed by atoms with Crippen molar-refractivity contribution in [1.29, 1.82) is 0 Å². The van der Waals surface area contributed by atoms with E-state index >= 15 is 0 Å². The monoisotopic (exact) mass is 578 g/mol. The maximum atomic E-state index is 12.8. The van der Waals surface area contributed by atoms with Crippen molar-refractivity contribution in [3.05, 3.63) is 52.7 Å². The zero-order chi connectivity index (χ0) is 29.6. The maximum absolute atomic E-state index is 12.8. The quantitative estimate of drug-likeness (QED) is 0.174. The van der Waals surface area contributed by atoms with Gasteiger partial charge in [0.15, 0.2) is 17.8 Å². The zero-order valence-electron chi connectivity index (χ0n) is 21.5. The number of phenols is 2. The van der Waals surface area contributed by atoms with Crippen molar-refractivity contribution in [2.75, 3.05) is 6.61 Å². The molecule has 2 saturated heterocycles. The van der Waals surface area contributed by atoms with Crippen molar-refractivity contribution in [3.63, 3.8) is 0 Å². The van der Waals surface area contributed by atoms with E-state index in [1.807, 2.05) is 0 Å². The molecule has 10 atom stereocenters. The Morgan fingerprint density at radius 1 is 0.829 bits per heavy atom. The molecule has 1 aromatic heterocycles. The van der Waals surface area contributed by atoms with Crippen LogP contribution >= 0.6 is 0 Å². The summed E-state index contributed by atoms with van der Waals surface area (Å²) < 4.78 is 28.4. The van der Waals surface area contributed by atoms with Gasteiger partial charge >= 0.3 is 0 Å². The summed E-state index contributed by atoms with van der Waals surface area (Å²) in [6, 6.07) is 9.38. The molecule has 2 aliphatic rings. The summed E-state index contributed by atoms with van der Waals surface area (Å²) in [4.78, 5) is 12.8. The smallest absolute Gasteiger partial charge is 0.229 e. The lowest BCUT2D eigenvalue weighted by Gasteiger charge is -2.45. The van der Waals surface area contributed by atoms with Gasteiger partial charge in [-0.1, -0.05) is 0 Å². The molecule has 3 heterocycles. The summed E-state index contributed by atoms with van der Waals surface area (Å²) in [7, 11) is 0. The van der Waals surface area contributed by atoms with E-state index in [4.69, 9.17) is 23.4 Å². The molecule has 8 N–H and O–H groups in total. The van der Waals surface area contributed by atoms with E-state index in [9.17, 15) is 45.6 Å². The summed E-state index contributed by atoms with van der Waals surface area (Å²) in [6.07, 6.45) is -15.3. The number of ether oxygens (including phenoxy) is 4. The van der Waals surface area contributed by atoms with Gasteiger partial charge < -0.3 is 64.2 Å². The molecule has 0 spiro atoms. The van der Waals surface area contributed by atoms with Crippen LogP contribution in [0.2, 0.25) is 0 Å². The first-order valence-electron chi connectivity index (χ1n) is 12.7. The SMILES string of the molecule is C[C@@H]1O[C@@H](O[C@@H]2[C@H](Oc3cc(O)c4c(=O)cc(-c5ccc(O)cc5)oc4c3)O[C@H](CO)[C@H](O)[C@@H]2O)[C@H](O)[C@H](O)[C@@H]1O. The first-order valence-corrected chi connectivity index (χ1v) is 12.7. The van der Waals surface area contributed by atoms with Gasteiger partial charge in [0.25, 0.3) is 0 Å². The first-order chi connectivity index (χ1) is 19.5. The van der Waals surface area contributed by atoms with E-state index in [0.717, 1.165) is 6.07 Å². The third kappa shape index (κ3) is 5.61. The van der Waals surface area contributed by atoms with Crippen LogP contribution in [-0.4, -0.2) is 109 Å². The Morgan fingerprint density at radius 2 is 1.54 bits per heavy atom. The van der Waals surface area contributed by atoms with E-state index in [-0.39, 0.29) is 28.2 Å². The van der Waals surface area contributed by atoms with Crippen molar-refractivity contribution in [2.45, 2.75) is 68.3 Å². The molecule has 2 fully saturated rings. The van der Waals surface area contributed by atoms with E-state index in [1.54, 1.807) is 0 Å². The lowest BCUT2D eigenvalue weighted by Crippen LogP contribution is -2.64. The Balaban J connectivity index is 1.47. The van der Waals surface area contributed by atoms with Crippen LogP contribution in [0.3, 0.4) is 0 Å². The molecule has 14 nitrogen and oxygen atoms in total. The minimum Gasteiger partial charge on any atom is -0.508 e. The number of benzene rings is 2. The van der Waals surface area contributed by atoms with Gasteiger partial charge in [0, 0.05) is 23.8 Å². The fourth-order valence-electron chi connectivity index (χ4n) is 4.79. The predicted octanol–water partition coefficient (Wildman–Crippen LogP) is -1.10. The number of hydrogen-bond acceptors (Lipinski definition) is 14. The van der Waals surface area contributed by atoms with Crippen LogP contribution in [0.1, 0.15) is 6.92 Å². The van der Waals surface area contributed by atoms with Crippen molar-refractivity contribution in [1.82, 2.24) is 0 Å². The van der Waals surface area contributed by atoms with Crippen LogP contribution in [0, 0.1) is 0 Å². The summed E-state index contributed by atoms with van der Waals surface area (Å²) in [6.45, 7) is 0.704. The molecule has 222 valence electrons. The average molecular weight is 579 g/mol. The van der Waals surface area contributed by atoms with Gasteiger partial charge in [-0.25, -0.2) is 0 Å². The molecule has 0 saturated carbocycles. The Bertz CT molecular complexity index is 1420. The highest BCUT2D eigenvalue weighted by Crippen LogP contribution is 2.35. The van der Waals surface area contributed by atoms with Crippen molar-refractivity contribution >= 4 is 11.0 Å². The Morgan fingerprint density at radius 3 is 2.22 bits per heavy atom. The van der Waals surface area contributed by atoms with Crippen molar-refractivity contribution in [3.8, 4) is 28.6 Å². The number of rotatable bonds is 6. The molecule has 0 bridgehead atoms. The summed E-state index contributed by atoms with van der Waals surface area (Å²) in [5, 5.41) is 81.4. The highest BCUT2D eigenvalue weighted by Gasteiger charge is 2.50. The third-order valence-corrected chi connectivity index (χ3v) is 7.11. The van der Waals surface area contributed by atoms with Gasteiger partial charge in [0.05, 0.1) is 12.7 Å². The van der Waals surface area contributed by atoms with E-state index in [2.05, 4.69) is 0 Å². The highest BCUT2D eigenvalue weighted by molar-refractivity contribution is 5.86. The molecule has 2 aromatic carbocycles. The first kappa shape index (κ1) is 29.2. The fourth-order valence-corrected chi connectivity index (χ4v) is 4.79. The second-order valence-electron chi connectivity index (χ2n) is 9.94. The Kier molecular flexibility index (Phi) is 8.20. The molecule has 14 heteroatoms. The van der Waals surface area contributed by atoms with Crippen LogP contribution in [-0.2, 0) is 14.2 Å². The molecule has 0 amide bonds. The summed E-state index contributed by atoms with van der Waals surface area (Å²) in [5.74, 6) is -0.498. The molecular weight excluding hydrogens is 548 g/mol. The molecule has 41 heavy (non-hydrogen) atoms. The Labute approximate surface area is 231 Å². The zero-order valence-corrected chi connectivity index (χ0v) is 21.5. The topological polar surface area (TPSA) is 229 Å². The molecular formula is C27H30O14. The van der Waals surface area contributed by atoms with E-state index in [1.165, 1.54) is 43.3 Å². The van der Waals surface area contributed by atoms with Crippen molar-refractivity contribution in [2.24, 2.45) is 0 Å². The van der Waals surface area contributed by atoms with E-state index in [0.29, 0.717) is 5.56 Å². The molecule has 0 unspecified atom stereocenters. The minimum absolute atomic E-state index is 0.00857. The van der Waals surface area contributed by atoms with Crippen LogP contribution in [0.25, 0.3) is 22.3 Å². The maximum Gasteiger partial charge on any atom is 0.229 e. The number of aromatic hydroxyl groups is 2. The predicted molar refractivity (Wildman–Crippen MR) is 137 cm³/mol. The molecule has 3 aromatic rings. The van der Waals surface area contributed by atoms with Gasteiger partial charge in [0.1, 0.15) is 70.6 Å². The number of hydrogen-bond donors (Lipinski definition) is 8. The average Bonchev–Trinajstić information content (AvgIpc) is 2.94. The van der Waals surface area contributed by atoms with Gasteiger partial charge in [-0.2, -0.15) is 0 Å².